The van der Waals surface area contributed by atoms with Gasteiger partial charge in [0.05, 0.1) is 5.92 Å². The molecule has 1 fully saturated rings. The lowest BCUT2D eigenvalue weighted by Gasteiger charge is -2.29. The average Bonchev–Trinajstić information content (AvgIpc) is 2.55. The van der Waals surface area contributed by atoms with Crippen molar-refractivity contribution >= 4 is 12.0 Å². The average molecular weight is 316 g/mol. The fourth-order valence-electron chi connectivity index (χ4n) is 3.72. The first-order valence-corrected chi connectivity index (χ1v) is 8.48. The lowest BCUT2D eigenvalue weighted by atomic mass is 9.86. The molecule has 1 aromatic rings. The Hall–Kier alpha value is -2.04. The molecule has 0 saturated heterocycles. The minimum absolute atomic E-state index is 0.0986. The molecular formula is C18H24N2O3. The van der Waals surface area contributed by atoms with Crippen molar-refractivity contribution in [1.82, 2.24) is 10.6 Å². The zero-order valence-corrected chi connectivity index (χ0v) is 13.3. The highest BCUT2D eigenvalue weighted by Gasteiger charge is 2.27. The van der Waals surface area contributed by atoms with Gasteiger partial charge < -0.3 is 15.7 Å². The van der Waals surface area contributed by atoms with Gasteiger partial charge in [0.15, 0.2) is 0 Å². The fraction of sp³-hybridized carbons (Fsp3) is 0.556. The van der Waals surface area contributed by atoms with Crippen LogP contribution in [0.2, 0.25) is 0 Å². The zero-order chi connectivity index (χ0) is 16.2. The van der Waals surface area contributed by atoms with Crippen molar-refractivity contribution in [3.63, 3.8) is 0 Å². The van der Waals surface area contributed by atoms with Crippen LogP contribution in [0, 0.1) is 5.92 Å². The molecule has 0 spiro atoms. The van der Waals surface area contributed by atoms with E-state index in [1.165, 1.54) is 11.1 Å². The number of nitrogens with one attached hydrogen (secondary N) is 2. The summed E-state index contributed by atoms with van der Waals surface area (Å²) in [4.78, 5) is 23.1. The molecule has 0 heterocycles. The maximum Gasteiger partial charge on any atom is 0.315 e. The Labute approximate surface area is 136 Å². The van der Waals surface area contributed by atoms with E-state index < -0.39 is 5.97 Å². The highest BCUT2D eigenvalue weighted by molar-refractivity contribution is 5.75. The van der Waals surface area contributed by atoms with E-state index in [4.69, 9.17) is 5.11 Å². The third-order valence-corrected chi connectivity index (χ3v) is 5.09. The van der Waals surface area contributed by atoms with Gasteiger partial charge in [0.2, 0.25) is 0 Å². The van der Waals surface area contributed by atoms with Gasteiger partial charge >= 0.3 is 12.0 Å². The molecule has 5 heteroatoms. The van der Waals surface area contributed by atoms with Crippen LogP contribution in [0.1, 0.15) is 43.2 Å². The third kappa shape index (κ3) is 4.03. The number of hydrogen-bond donors (Lipinski definition) is 3. The van der Waals surface area contributed by atoms with Crippen molar-refractivity contribution < 1.29 is 14.7 Å². The standard InChI is InChI=1S/C18H24N2O3/c21-17(22)13-6-8-15(9-7-13)19-18(23)20-16-10-5-12-3-1-2-4-14(12)11-16/h1-4,13,15-16H,5-11H2,(H,21,22)(H2,19,20,23). The molecule has 2 aliphatic rings. The van der Waals surface area contributed by atoms with Crippen molar-refractivity contribution in [3.8, 4) is 0 Å². The van der Waals surface area contributed by atoms with Crippen molar-refractivity contribution in [2.45, 2.75) is 57.0 Å². The van der Waals surface area contributed by atoms with Crippen LogP contribution in [0.4, 0.5) is 4.79 Å². The molecule has 0 radical (unpaired) electrons. The van der Waals surface area contributed by atoms with Crippen LogP contribution < -0.4 is 10.6 Å². The fourth-order valence-corrected chi connectivity index (χ4v) is 3.72. The second-order valence-electron chi connectivity index (χ2n) is 6.71. The monoisotopic (exact) mass is 316 g/mol. The molecule has 0 aliphatic heterocycles. The van der Waals surface area contributed by atoms with Crippen molar-refractivity contribution in [1.29, 1.82) is 0 Å². The Kier molecular flexibility index (Phi) is 4.84. The molecule has 3 N–H and O–H groups in total. The van der Waals surface area contributed by atoms with Crippen molar-refractivity contribution in [3.05, 3.63) is 35.4 Å². The van der Waals surface area contributed by atoms with Crippen molar-refractivity contribution in [2.24, 2.45) is 5.92 Å². The van der Waals surface area contributed by atoms with E-state index in [2.05, 4.69) is 28.8 Å². The molecule has 3 rings (SSSR count). The topological polar surface area (TPSA) is 78.4 Å². The summed E-state index contributed by atoms with van der Waals surface area (Å²) in [6, 6.07) is 8.56. The van der Waals surface area contributed by atoms with Gasteiger partial charge in [-0.25, -0.2) is 4.79 Å². The molecule has 124 valence electrons. The van der Waals surface area contributed by atoms with E-state index in [0.717, 1.165) is 32.1 Å². The predicted octanol–water partition coefficient (Wildman–Crippen LogP) is 2.49. The molecule has 23 heavy (non-hydrogen) atoms. The summed E-state index contributed by atoms with van der Waals surface area (Å²) >= 11 is 0. The summed E-state index contributed by atoms with van der Waals surface area (Å²) in [6.45, 7) is 0. The number of hydrogen-bond acceptors (Lipinski definition) is 2. The first-order chi connectivity index (χ1) is 11.1. The molecule has 5 nitrogen and oxygen atoms in total. The minimum atomic E-state index is -0.714. The molecule has 0 aromatic heterocycles. The summed E-state index contributed by atoms with van der Waals surface area (Å²) in [5, 5.41) is 15.1. The Balaban J connectivity index is 1.45. The van der Waals surface area contributed by atoms with Gasteiger partial charge in [-0.1, -0.05) is 24.3 Å². The summed E-state index contributed by atoms with van der Waals surface area (Å²) in [5.74, 6) is -0.959. The molecular weight excluding hydrogens is 292 g/mol. The number of urea groups is 1. The number of carbonyl (C=O) groups excluding carboxylic acids is 1. The SMILES string of the molecule is O=C(NC1CCC(C(=O)O)CC1)NC1CCc2ccccc2C1. The third-order valence-electron chi connectivity index (χ3n) is 5.09. The van der Waals surface area contributed by atoms with E-state index in [1.807, 2.05) is 6.07 Å². The number of aliphatic carboxylic acids is 1. The van der Waals surface area contributed by atoms with Crippen LogP contribution in [-0.4, -0.2) is 29.2 Å². The van der Waals surface area contributed by atoms with Crippen LogP contribution in [-0.2, 0) is 17.6 Å². The van der Waals surface area contributed by atoms with Gasteiger partial charge in [-0.15, -0.1) is 0 Å². The van der Waals surface area contributed by atoms with Crippen LogP contribution in [0.3, 0.4) is 0 Å². The number of benzene rings is 1. The zero-order valence-electron chi connectivity index (χ0n) is 13.3. The highest BCUT2D eigenvalue weighted by atomic mass is 16.4. The largest absolute Gasteiger partial charge is 0.481 e. The van der Waals surface area contributed by atoms with Crippen LogP contribution in [0.25, 0.3) is 0 Å². The molecule has 1 saturated carbocycles. The summed E-state index contributed by atoms with van der Waals surface area (Å²) < 4.78 is 0. The molecule has 2 amide bonds. The summed E-state index contributed by atoms with van der Waals surface area (Å²) in [5.41, 5.74) is 2.71. The number of carboxylic acids is 1. The molecule has 2 aliphatic carbocycles. The molecule has 1 unspecified atom stereocenters. The summed E-state index contributed by atoms with van der Waals surface area (Å²) in [6.07, 6.45) is 5.65. The number of carboxylic acid groups (broad SMARTS) is 1. The van der Waals surface area contributed by atoms with Gasteiger partial charge in [0, 0.05) is 12.1 Å². The van der Waals surface area contributed by atoms with Gasteiger partial charge in [-0.05, 0) is 56.1 Å². The van der Waals surface area contributed by atoms with Gasteiger partial charge in [-0.3, -0.25) is 4.79 Å². The molecule has 1 atom stereocenters. The van der Waals surface area contributed by atoms with Gasteiger partial charge in [0.25, 0.3) is 0 Å². The molecule has 0 bridgehead atoms. The first kappa shape index (κ1) is 15.8. The molecule has 1 aromatic carbocycles. The van der Waals surface area contributed by atoms with E-state index >= 15 is 0 Å². The Morgan fingerprint density at radius 3 is 2.26 bits per heavy atom. The van der Waals surface area contributed by atoms with Crippen LogP contribution >= 0.6 is 0 Å². The second-order valence-corrected chi connectivity index (χ2v) is 6.71. The van der Waals surface area contributed by atoms with Crippen LogP contribution in [0.5, 0.6) is 0 Å². The number of rotatable bonds is 3. The van der Waals surface area contributed by atoms with E-state index in [9.17, 15) is 9.59 Å². The smallest absolute Gasteiger partial charge is 0.315 e. The number of carbonyl (C=O) groups is 2. The van der Waals surface area contributed by atoms with Gasteiger partial charge in [-0.2, -0.15) is 0 Å². The minimum Gasteiger partial charge on any atom is -0.481 e. The quantitative estimate of drug-likeness (QED) is 0.801. The Bertz CT molecular complexity index is 579. The number of amides is 2. The van der Waals surface area contributed by atoms with E-state index in [0.29, 0.717) is 12.8 Å². The highest BCUT2D eigenvalue weighted by Crippen LogP contribution is 2.24. The van der Waals surface area contributed by atoms with E-state index in [1.54, 1.807) is 0 Å². The Morgan fingerprint density at radius 1 is 0.913 bits per heavy atom. The lowest BCUT2D eigenvalue weighted by molar-refractivity contribution is -0.142. The first-order valence-electron chi connectivity index (χ1n) is 8.48. The number of aryl methyl sites for hydroxylation is 1. The summed E-state index contributed by atoms with van der Waals surface area (Å²) in [7, 11) is 0. The lowest BCUT2D eigenvalue weighted by Crippen LogP contribution is -2.48. The number of fused-ring (bicyclic) bond motifs is 1. The Morgan fingerprint density at radius 2 is 1.57 bits per heavy atom. The van der Waals surface area contributed by atoms with Crippen molar-refractivity contribution in [2.75, 3.05) is 0 Å². The second kappa shape index (κ2) is 7.02. The maximum absolute atomic E-state index is 12.2. The maximum atomic E-state index is 12.2. The predicted molar refractivity (Wildman–Crippen MR) is 87.3 cm³/mol. The van der Waals surface area contributed by atoms with Crippen LogP contribution in [0.15, 0.2) is 24.3 Å². The van der Waals surface area contributed by atoms with Gasteiger partial charge in [0.1, 0.15) is 0 Å². The van der Waals surface area contributed by atoms with E-state index in [-0.39, 0.29) is 24.0 Å². The normalized spacial score (nSPS) is 26.9.